The number of nitrogens with zero attached hydrogens (tertiary/aromatic N) is 2. The lowest BCUT2D eigenvalue weighted by Crippen LogP contribution is -2.35. The number of hydrogen-bond donors (Lipinski definition) is 0. The van der Waals surface area contributed by atoms with Crippen LogP contribution in [0.25, 0.3) is 0 Å². The fraction of sp³-hybridized carbons (Fsp3) is 0.538. The number of likely N-dealkylation sites (tertiary alicyclic amines) is 1. The number of rotatable bonds is 3. The molecule has 0 aromatic carbocycles. The molecule has 0 amide bonds. The van der Waals surface area contributed by atoms with Crippen molar-refractivity contribution >= 4 is 5.78 Å². The van der Waals surface area contributed by atoms with Crippen LogP contribution in [0.15, 0.2) is 24.4 Å². The van der Waals surface area contributed by atoms with E-state index in [0.29, 0.717) is 11.7 Å². The molecule has 0 aliphatic carbocycles. The minimum atomic E-state index is 0.292. The van der Waals surface area contributed by atoms with Crippen LogP contribution in [0, 0.1) is 5.92 Å². The van der Waals surface area contributed by atoms with Gasteiger partial charge < -0.3 is 0 Å². The molecule has 3 nitrogen and oxygen atoms in total. The molecular formula is C13H18N2O. The second-order valence-electron chi connectivity index (χ2n) is 4.48. The van der Waals surface area contributed by atoms with Crippen LogP contribution in [-0.2, 0) is 11.3 Å². The Morgan fingerprint density at radius 2 is 2.19 bits per heavy atom. The Morgan fingerprint density at radius 1 is 1.44 bits per heavy atom. The first-order chi connectivity index (χ1) is 7.75. The molecule has 86 valence electrons. The fourth-order valence-electron chi connectivity index (χ4n) is 2.22. The number of carbonyl (C=O) groups is 1. The van der Waals surface area contributed by atoms with Crippen molar-refractivity contribution in [2.75, 3.05) is 13.1 Å². The normalized spacial score (nSPS) is 18.6. The quantitative estimate of drug-likeness (QED) is 0.776. The minimum Gasteiger partial charge on any atom is -0.300 e. The maximum Gasteiger partial charge on any atom is 0.133 e. The molecule has 1 aromatic heterocycles. The molecule has 0 radical (unpaired) electrons. The number of hydrogen-bond acceptors (Lipinski definition) is 3. The average Bonchev–Trinajstić information content (AvgIpc) is 2.31. The third-order valence-electron chi connectivity index (χ3n) is 3.27. The van der Waals surface area contributed by atoms with E-state index < -0.39 is 0 Å². The van der Waals surface area contributed by atoms with Crippen LogP contribution in [0.1, 0.15) is 25.5 Å². The Labute approximate surface area is 96.5 Å². The molecule has 1 fully saturated rings. The van der Waals surface area contributed by atoms with Gasteiger partial charge in [-0.2, -0.15) is 0 Å². The molecule has 2 heterocycles. The summed E-state index contributed by atoms with van der Waals surface area (Å²) in [5, 5.41) is 0. The van der Waals surface area contributed by atoms with Gasteiger partial charge in [0.15, 0.2) is 0 Å². The smallest absolute Gasteiger partial charge is 0.133 e. The van der Waals surface area contributed by atoms with Gasteiger partial charge in [-0.05, 0) is 45.0 Å². The third-order valence-corrected chi connectivity index (χ3v) is 3.27. The highest BCUT2D eigenvalue weighted by Gasteiger charge is 2.22. The fourth-order valence-corrected chi connectivity index (χ4v) is 2.22. The maximum atomic E-state index is 11.2. The molecule has 3 heteroatoms. The van der Waals surface area contributed by atoms with E-state index in [2.05, 4.69) is 16.0 Å². The van der Waals surface area contributed by atoms with E-state index in [0.717, 1.165) is 38.2 Å². The molecule has 0 unspecified atom stereocenters. The lowest BCUT2D eigenvalue weighted by molar-refractivity contribution is -0.122. The third kappa shape index (κ3) is 2.89. The van der Waals surface area contributed by atoms with Gasteiger partial charge in [-0.15, -0.1) is 0 Å². The van der Waals surface area contributed by atoms with Crippen molar-refractivity contribution in [3.63, 3.8) is 0 Å². The predicted octanol–water partition coefficient (Wildman–Crippen LogP) is 1.88. The second-order valence-corrected chi connectivity index (χ2v) is 4.48. The van der Waals surface area contributed by atoms with Crippen LogP contribution >= 0.6 is 0 Å². The number of piperidine rings is 1. The largest absolute Gasteiger partial charge is 0.300 e. The molecule has 1 aromatic rings. The molecule has 0 saturated carbocycles. The summed E-state index contributed by atoms with van der Waals surface area (Å²) in [6.07, 6.45) is 3.84. The summed E-state index contributed by atoms with van der Waals surface area (Å²) in [7, 11) is 0. The topological polar surface area (TPSA) is 33.2 Å². The molecule has 0 N–H and O–H groups in total. The SMILES string of the molecule is CC(=O)C1CCN(Cc2ccccn2)CC1. The van der Waals surface area contributed by atoms with Crippen LogP contribution in [0.3, 0.4) is 0 Å². The van der Waals surface area contributed by atoms with E-state index in [1.54, 1.807) is 6.92 Å². The average molecular weight is 218 g/mol. The van der Waals surface area contributed by atoms with Crippen molar-refractivity contribution in [2.45, 2.75) is 26.3 Å². The summed E-state index contributed by atoms with van der Waals surface area (Å²) in [6, 6.07) is 6.01. The number of carbonyl (C=O) groups excluding carboxylic acids is 1. The Bertz CT molecular complexity index is 342. The van der Waals surface area contributed by atoms with Crippen LogP contribution in [0.4, 0.5) is 0 Å². The summed E-state index contributed by atoms with van der Waals surface area (Å²) in [6.45, 7) is 4.65. The molecule has 1 saturated heterocycles. The molecule has 0 atom stereocenters. The first-order valence-electron chi connectivity index (χ1n) is 5.88. The summed E-state index contributed by atoms with van der Waals surface area (Å²) in [4.78, 5) is 17.9. The van der Waals surface area contributed by atoms with Crippen molar-refractivity contribution in [1.29, 1.82) is 0 Å². The van der Waals surface area contributed by atoms with E-state index in [-0.39, 0.29) is 0 Å². The number of Topliss-reactive ketones (excluding diaryl/α,β-unsaturated/α-hetero) is 1. The molecule has 1 aliphatic heterocycles. The van der Waals surface area contributed by atoms with Gasteiger partial charge in [0, 0.05) is 18.7 Å². The Kier molecular flexibility index (Phi) is 3.67. The standard InChI is InChI=1S/C13H18N2O/c1-11(16)12-5-8-15(9-6-12)10-13-4-2-3-7-14-13/h2-4,7,12H,5-6,8-10H2,1H3. The van der Waals surface area contributed by atoms with E-state index in [1.165, 1.54) is 0 Å². The van der Waals surface area contributed by atoms with Gasteiger partial charge in [0.1, 0.15) is 5.78 Å². The van der Waals surface area contributed by atoms with Gasteiger partial charge in [-0.1, -0.05) is 6.07 Å². The Hall–Kier alpha value is -1.22. The van der Waals surface area contributed by atoms with E-state index in [4.69, 9.17) is 0 Å². The summed E-state index contributed by atoms with van der Waals surface area (Å²) in [5.74, 6) is 0.637. The monoisotopic (exact) mass is 218 g/mol. The van der Waals surface area contributed by atoms with Crippen molar-refractivity contribution < 1.29 is 4.79 Å². The van der Waals surface area contributed by atoms with Crippen molar-refractivity contribution in [1.82, 2.24) is 9.88 Å². The molecule has 0 bridgehead atoms. The Balaban J connectivity index is 1.84. The molecule has 0 spiro atoms. The summed E-state index contributed by atoms with van der Waals surface area (Å²) >= 11 is 0. The highest BCUT2D eigenvalue weighted by molar-refractivity contribution is 5.78. The minimum absolute atomic E-state index is 0.292. The van der Waals surface area contributed by atoms with Crippen molar-refractivity contribution in [3.8, 4) is 0 Å². The zero-order chi connectivity index (χ0) is 11.4. The molecule has 2 rings (SSSR count). The highest BCUT2D eigenvalue weighted by atomic mass is 16.1. The van der Waals surface area contributed by atoms with Crippen molar-refractivity contribution in [3.05, 3.63) is 30.1 Å². The van der Waals surface area contributed by atoms with Crippen LogP contribution in [-0.4, -0.2) is 28.8 Å². The second kappa shape index (κ2) is 5.21. The van der Waals surface area contributed by atoms with Crippen molar-refractivity contribution in [2.24, 2.45) is 5.92 Å². The van der Waals surface area contributed by atoms with Gasteiger partial charge in [0.25, 0.3) is 0 Å². The number of pyridine rings is 1. The first kappa shape index (κ1) is 11.3. The first-order valence-corrected chi connectivity index (χ1v) is 5.88. The number of ketones is 1. The summed E-state index contributed by atoms with van der Waals surface area (Å²) < 4.78 is 0. The lowest BCUT2D eigenvalue weighted by Gasteiger charge is -2.30. The van der Waals surface area contributed by atoms with Gasteiger partial charge in [0.05, 0.1) is 5.69 Å². The maximum absolute atomic E-state index is 11.2. The van der Waals surface area contributed by atoms with Gasteiger partial charge in [-0.3, -0.25) is 14.7 Å². The van der Waals surface area contributed by atoms with Crippen LogP contribution < -0.4 is 0 Å². The molecule has 16 heavy (non-hydrogen) atoms. The number of aromatic nitrogens is 1. The van der Waals surface area contributed by atoms with E-state index >= 15 is 0 Å². The Morgan fingerprint density at radius 3 is 2.75 bits per heavy atom. The van der Waals surface area contributed by atoms with Gasteiger partial charge >= 0.3 is 0 Å². The molecule has 1 aliphatic rings. The van der Waals surface area contributed by atoms with E-state index in [1.807, 2.05) is 18.3 Å². The molecular weight excluding hydrogens is 200 g/mol. The van der Waals surface area contributed by atoms with E-state index in [9.17, 15) is 4.79 Å². The van der Waals surface area contributed by atoms with Crippen LogP contribution in [0.5, 0.6) is 0 Å². The summed E-state index contributed by atoms with van der Waals surface area (Å²) in [5.41, 5.74) is 1.11. The van der Waals surface area contributed by atoms with Crippen LogP contribution in [0.2, 0.25) is 0 Å². The highest BCUT2D eigenvalue weighted by Crippen LogP contribution is 2.19. The predicted molar refractivity (Wildman–Crippen MR) is 62.9 cm³/mol. The lowest BCUT2D eigenvalue weighted by atomic mass is 9.93. The zero-order valence-corrected chi connectivity index (χ0v) is 9.72. The van der Waals surface area contributed by atoms with Gasteiger partial charge in [-0.25, -0.2) is 0 Å². The van der Waals surface area contributed by atoms with Gasteiger partial charge in [0.2, 0.25) is 0 Å². The zero-order valence-electron chi connectivity index (χ0n) is 9.72.